The average molecular weight is 471 g/mol. The van der Waals surface area contributed by atoms with Crippen LogP contribution >= 0.6 is 0 Å². The third-order valence-corrected chi connectivity index (χ3v) is 5.53. The van der Waals surface area contributed by atoms with Crippen molar-refractivity contribution >= 4 is 16.7 Å². The minimum absolute atomic E-state index is 0.0571. The number of benzene rings is 2. The van der Waals surface area contributed by atoms with E-state index in [0.29, 0.717) is 47.0 Å². The molecule has 0 saturated carbocycles. The van der Waals surface area contributed by atoms with E-state index >= 15 is 0 Å². The summed E-state index contributed by atoms with van der Waals surface area (Å²) in [5.41, 5.74) is 2.81. The highest BCUT2D eigenvalue weighted by molar-refractivity contribution is 5.84. The molecule has 0 saturated heterocycles. The Morgan fingerprint density at radius 3 is 2.66 bits per heavy atom. The first-order valence-corrected chi connectivity index (χ1v) is 10.8. The Bertz CT molecular complexity index is 1610. The van der Waals surface area contributed by atoms with Crippen molar-refractivity contribution in [2.75, 3.05) is 27.4 Å². The summed E-state index contributed by atoms with van der Waals surface area (Å²) in [4.78, 5) is 21.5. The van der Waals surface area contributed by atoms with Crippen molar-refractivity contribution in [1.29, 1.82) is 5.26 Å². The number of methoxy groups -OCH3 is 2. The van der Waals surface area contributed by atoms with Gasteiger partial charge in [-0.3, -0.25) is 4.79 Å². The van der Waals surface area contributed by atoms with Gasteiger partial charge in [-0.05, 0) is 17.7 Å². The summed E-state index contributed by atoms with van der Waals surface area (Å²) in [5, 5.41) is 14.0. The largest absolute Gasteiger partial charge is 0.494 e. The number of nitriles is 1. The standard InChI is InChI=1S/C25H21N5O5/c1-32-11-12-34-14-17-21(24-28-22-18(33-2)9-6-10-19(22)35-24)25(31)30-23(27-17)20(16(13-26)29-30)15-7-4-3-5-8-15/h3-10,27H,11-12,14H2,1-2H3. The van der Waals surface area contributed by atoms with Crippen molar-refractivity contribution < 1.29 is 18.6 Å². The van der Waals surface area contributed by atoms with Gasteiger partial charge in [0.05, 0.1) is 38.2 Å². The summed E-state index contributed by atoms with van der Waals surface area (Å²) in [6.07, 6.45) is 0. The molecule has 1 N–H and O–H groups in total. The normalized spacial score (nSPS) is 11.2. The Labute approximate surface area is 199 Å². The van der Waals surface area contributed by atoms with Gasteiger partial charge in [0.1, 0.15) is 23.0 Å². The van der Waals surface area contributed by atoms with Gasteiger partial charge < -0.3 is 23.6 Å². The minimum atomic E-state index is -0.492. The number of H-pyrrole nitrogens is 1. The highest BCUT2D eigenvalue weighted by Gasteiger charge is 2.25. The molecule has 0 aliphatic rings. The number of rotatable bonds is 8. The van der Waals surface area contributed by atoms with E-state index in [1.807, 2.05) is 30.3 Å². The van der Waals surface area contributed by atoms with Crippen molar-refractivity contribution in [2.24, 2.45) is 0 Å². The van der Waals surface area contributed by atoms with Gasteiger partial charge in [0.2, 0.25) is 5.89 Å². The van der Waals surface area contributed by atoms with Crippen LogP contribution in [-0.2, 0) is 16.1 Å². The van der Waals surface area contributed by atoms with Gasteiger partial charge in [-0.25, -0.2) is 4.98 Å². The molecule has 35 heavy (non-hydrogen) atoms. The van der Waals surface area contributed by atoms with Gasteiger partial charge in [-0.2, -0.15) is 14.9 Å². The number of hydrogen-bond acceptors (Lipinski definition) is 8. The average Bonchev–Trinajstić information content (AvgIpc) is 3.48. The SMILES string of the molecule is COCCOCc1[nH]c2c(-c3ccccc3)c(C#N)nn2c(=O)c1-c1nc2c(OC)cccc2o1. The maximum atomic E-state index is 13.7. The predicted molar refractivity (Wildman–Crippen MR) is 127 cm³/mol. The van der Waals surface area contributed by atoms with Gasteiger partial charge in [0, 0.05) is 7.11 Å². The monoisotopic (exact) mass is 471 g/mol. The lowest BCUT2D eigenvalue weighted by atomic mass is 10.1. The van der Waals surface area contributed by atoms with Crippen LogP contribution in [0.3, 0.4) is 0 Å². The molecular weight excluding hydrogens is 450 g/mol. The van der Waals surface area contributed by atoms with Crippen LogP contribution < -0.4 is 10.3 Å². The molecule has 176 valence electrons. The quantitative estimate of drug-likeness (QED) is 0.340. The molecule has 0 unspecified atom stereocenters. The lowest BCUT2D eigenvalue weighted by Gasteiger charge is -2.09. The maximum Gasteiger partial charge on any atom is 0.287 e. The lowest BCUT2D eigenvalue weighted by Crippen LogP contribution is -2.21. The smallest absolute Gasteiger partial charge is 0.287 e. The fourth-order valence-electron chi connectivity index (χ4n) is 3.92. The van der Waals surface area contributed by atoms with Gasteiger partial charge in [0.25, 0.3) is 5.56 Å². The molecule has 5 rings (SSSR count). The van der Waals surface area contributed by atoms with E-state index < -0.39 is 5.56 Å². The first-order valence-electron chi connectivity index (χ1n) is 10.8. The van der Waals surface area contributed by atoms with Gasteiger partial charge in [0.15, 0.2) is 16.8 Å². The zero-order chi connectivity index (χ0) is 24.4. The Balaban J connectivity index is 1.76. The van der Waals surface area contributed by atoms with Crippen LogP contribution in [-0.4, -0.2) is 47.0 Å². The van der Waals surface area contributed by atoms with Crippen LogP contribution in [0.15, 0.2) is 57.7 Å². The summed E-state index contributed by atoms with van der Waals surface area (Å²) >= 11 is 0. The molecule has 0 aliphatic carbocycles. The van der Waals surface area contributed by atoms with Crippen LogP contribution in [0.4, 0.5) is 0 Å². The molecule has 0 fully saturated rings. The Kier molecular flexibility index (Phi) is 6.01. The summed E-state index contributed by atoms with van der Waals surface area (Å²) in [5.74, 6) is 0.610. The molecule has 3 heterocycles. The Morgan fingerprint density at radius 2 is 1.91 bits per heavy atom. The molecule has 0 radical (unpaired) electrons. The zero-order valence-corrected chi connectivity index (χ0v) is 19.1. The molecule has 10 nitrogen and oxygen atoms in total. The number of nitrogens with one attached hydrogen (secondary N) is 1. The van der Waals surface area contributed by atoms with Crippen molar-refractivity contribution in [2.45, 2.75) is 6.61 Å². The molecule has 3 aromatic heterocycles. The second-order valence-corrected chi connectivity index (χ2v) is 7.62. The van der Waals surface area contributed by atoms with Gasteiger partial charge >= 0.3 is 0 Å². The third-order valence-electron chi connectivity index (χ3n) is 5.53. The number of aromatic amines is 1. The predicted octanol–water partition coefficient (Wildman–Crippen LogP) is 3.54. The number of nitrogens with zero attached hydrogens (tertiary/aromatic N) is 4. The van der Waals surface area contributed by atoms with Crippen LogP contribution in [0.25, 0.3) is 39.3 Å². The molecule has 0 aliphatic heterocycles. The molecule has 0 spiro atoms. The Morgan fingerprint density at radius 1 is 1.09 bits per heavy atom. The van der Waals surface area contributed by atoms with E-state index in [1.165, 1.54) is 11.6 Å². The highest BCUT2D eigenvalue weighted by atomic mass is 16.5. The molecule has 10 heteroatoms. The van der Waals surface area contributed by atoms with E-state index in [1.54, 1.807) is 25.3 Å². The third kappa shape index (κ3) is 3.93. The van der Waals surface area contributed by atoms with Crippen molar-refractivity contribution in [3.05, 3.63) is 70.3 Å². The van der Waals surface area contributed by atoms with Crippen LogP contribution in [0.2, 0.25) is 0 Å². The number of oxazole rings is 1. The summed E-state index contributed by atoms with van der Waals surface area (Å²) in [7, 11) is 3.12. The van der Waals surface area contributed by atoms with Crippen molar-refractivity contribution in [1.82, 2.24) is 19.6 Å². The van der Waals surface area contributed by atoms with Gasteiger partial charge in [-0.15, -0.1) is 0 Å². The molecule has 2 aromatic carbocycles. The summed E-state index contributed by atoms with van der Waals surface area (Å²) < 4.78 is 23.3. The van der Waals surface area contributed by atoms with Crippen molar-refractivity contribution in [3.8, 4) is 34.4 Å². The van der Waals surface area contributed by atoms with E-state index in [0.717, 1.165) is 5.56 Å². The summed E-state index contributed by atoms with van der Waals surface area (Å²) in [6, 6.07) is 16.7. The maximum absolute atomic E-state index is 13.7. The van der Waals surface area contributed by atoms with Crippen LogP contribution in [0, 0.1) is 11.3 Å². The van der Waals surface area contributed by atoms with E-state index in [-0.39, 0.29) is 23.8 Å². The minimum Gasteiger partial charge on any atom is -0.494 e. The fourth-order valence-corrected chi connectivity index (χ4v) is 3.92. The molecule has 0 bridgehead atoms. The number of ether oxygens (including phenoxy) is 3. The Hall–Kier alpha value is -4.46. The second kappa shape index (κ2) is 9.42. The first-order chi connectivity index (χ1) is 17.2. The zero-order valence-electron chi connectivity index (χ0n) is 19.1. The number of para-hydroxylation sites is 1. The molecule has 0 amide bonds. The van der Waals surface area contributed by atoms with E-state index in [2.05, 4.69) is 21.1 Å². The summed E-state index contributed by atoms with van der Waals surface area (Å²) in [6.45, 7) is 0.767. The van der Waals surface area contributed by atoms with Crippen molar-refractivity contribution in [3.63, 3.8) is 0 Å². The van der Waals surface area contributed by atoms with E-state index in [4.69, 9.17) is 18.6 Å². The molecule has 0 atom stereocenters. The molecular formula is C25H21N5O5. The number of hydrogen-bond donors (Lipinski definition) is 1. The number of aromatic nitrogens is 4. The topological polar surface area (TPSA) is 128 Å². The first kappa shape index (κ1) is 22.3. The van der Waals surface area contributed by atoms with Crippen LogP contribution in [0.1, 0.15) is 11.4 Å². The molecule has 5 aromatic rings. The second-order valence-electron chi connectivity index (χ2n) is 7.62. The van der Waals surface area contributed by atoms with E-state index in [9.17, 15) is 10.1 Å². The van der Waals surface area contributed by atoms with Crippen LogP contribution in [0.5, 0.6) is 5.75 Å². The fraction of sp³-hybridized carbons (Fsp3) is 0.200. The highest BCUT2D eigenvalue weighted by Crippen LogP contribution is 2.32. The van der Waals surface area contributed by atoms with Gasteiger partial charge in [-0.1, -0.05) is 36.4 Å². The number of fused-ring (bicyclic) bond motifs is 2. The lowest BCUT2D eigenvalue weighted by molar-refractivity contribution is 0.0604.